The summed E-state index contributed by atoms with van der Waals surface area (Å²) in [7, 11) is 0. The maximum absolute atomic E-state index is 2.27. The molecule has 2 aliphatic heterocycles. The van der Waals surface area contributed by atoms with Crippen LogP contribution >= 0.6 is 58.4 Å². The van der Waals surface area contributed by atoms with E-state index in [9.17, 15) is 0 Å². The van der Waals surface area contributed by atoms with E-state index in [4.69, 9.17) is 0 Å². The highest BCUT2D eigenvalue weighted by Gasteiger charge is 2.30. The van der Waals surface area contributed by atoms with Crippen LogP contribution < -0.4 is 0 Å². The maximum atomic E-state index is 2.27. The Labute approximate surface area is 193 Å². The molecular formula is C24H18S5. The summed E-state index contributed by atoms with van der Waals surface area (Å²) in [6.07, 6.45) is 0. The third-order valence-corrected chi connectivity index (χ3v) is 11.6. The van der Waals surface area contributed by atoms with E-state index in [0.717, 1.165) is 0 Å². The van der Waals surface area contributed by atoms with E-state index in [-0.39, 0.29) is 0 Å². The Morgan fingerprint density at radius 3 is 1.69 bits per heavy atom. The van der Waals surface area contributed by atoms with E-state index in [1.165, 1.54) is 49.0 Å². The molecule has 0 unspecified atom stereocenters. The summed E-state index contributed by atoms with van der Waals surface area (Å²) in [6.45, 7) is 4.43. The van der Waals surface area contributed by atoms with Gasteiger partial charge in [-0.3, -0.25) is 0 Å². The average Bonchev–Trinajstić information content (AvgIpc) is 3.47. The second-order valence-corrected chi connectivity index (χ2v) is 12.8. The molecule has 0 radical (unpaired) electrons. The lowest BCUT2D eigenvalue weighted by Crippen LogP contribution is -1.79. The first-order chi connectivity index (χ1) is 14.2. The quantitative estimate of drug-likeness (QED) is 0.377. The minimum absolute atomic E-state index is 1.31. The lowest BCUT2D eigenvalue weighted by atomic mass is 10.2. The third-order valence-electron chi connectivity index (χ3n) is 4.56. The average molecular weight is 467 g/mol. The van der Waals surface area contributed by atoms with Crippen molar-refractivity contribution in [1.29, 1.82) is 0 Å². The van der Waals surface area contributed by atoms with Crippen LogP contribution in [0.25, 0.3) is 14.7 Å². The normalized spacial score (nSPS) is 19.5. The first-order valence-corrected chi connectivity index (χ1v) is 13.4. The van der Waals surface area contributed by atoms with Gasteiger partial charge in [-0.2, -0.15) is 0 Å². The topological polar surface area (TPSA) is 0 Å². The zero-order valence-corrected chi connectivity index (χ0v) is 20.1. The fourth-order valence-corrected chi connectivity index (χ4v) is 9.88. The highest BCUT2D eigenvalue weighted by Crippen LogP contribution is 2.65. The van der Waals surface area contributed by atoms with Crippen LogP contribution in [0.3, 0.4) is 0 Å². The van der Waals surface area contributed by atoms with Gasteiger partial charge in [-0.05, 0) is 37.1 Å². The molecule has 5 heteroatoms. The van der Waals surface area contributed by atoms with Gasteiger partial charge in [0, 0.05) is 29.4 Å². The van der Waals surface area contributed by atoms with Crippen molar-refractivity contribution in [2.24, 2.45) is 0 Å². The number of hydrogen-bond donors (Lipinski definition) is 0. The Kier molecular flexibility index (Phi) is 5.76. The van der Waals surface area contributed by atoms with Gasteiger partial charge < -0.3 is 0 Å². The highest BCUT2D eigenvalue weighted by atomic mass is 32.2. The van der Waals surface area contributed by atoms with Gasteiger partial charge in [0.15, 0.2) is 0 Å². The number of aryl methyl sites for hydroxylation is 1. The first kappa shape index (κ1) is 19.7. The van der Waals surface area contributed by atoms with E-state index in [2.05, 4.69) is 86.6 Å². The van der Waals surface area contributed by atoms with Gasteiger partial charge in [0.05, 0.1) is 8.47 Å². The second-order valence-electron chi connectivity index (χ2n) is 6.67. The molecule has 0 saturated heterocycles. The summed E-state index contributed by atoms with van der Waals surface area (Å²) in [4.78, 5) is 8.30. The van der Waals surface area contributed by atoms with Gasteiger partial charge in [-0.25, -0.2) is 0 Å². The summed E-state index contributed by atoms with van der Waals surface area (Å²) >= 11 is 9.61. The molecule has 144 valence electrons. The Hall–Kier alpha value is -1.24. The predicted octanol–water partition coefficient (Wildman–Crippen LogP) is 9.36. The summed E-state index contributed by atoms with van der Waals surface area (Å²) in [5, 5.41) is 0. The Balaban J connectivity index is 1.50. The molecule has 0 saturated carbocycles. The van der Waals surface area contributed by atoms with Crippen LogP contribution in [0.1, 0.15) is 27.8 Å². The van der Waals surface area contributed by atoms with Crippen molar-refractivity contribution in [2.75, 3.05) is 0 Å². The molecule has 0 spiro atoms. The maximum Gasteiger partial charge on any atom is 0.0707 e. The third kappa shape index (κ3) is 4.04. The Morgan fingerprint density at radius 2 is 1.07 bits per heavy atom. The van der Waals surface area contributed by atoms with Crippen molar-refractivity contribution in [3.05, 3.63) is 107 Å². The summed E-state index contributed by atoms with van der Waals surface area (Å²) in [5.41, 5.74) is 2.62. The fraction of sp³-hybridized carbons (Fsp3) is 0.0833. The lowest BCUT2D eigenvalue weighted by Gasteiger charge is -2.04. The molecule has 2 aliphatic rings. The van der Waals surface area contributed by atoms with Gasteiger partial charge in [0.25, 0.3) is 0 Å². The van der Waals surface area contributed by atoms with Crippen molar-refractivity contribution in [1.82, 2.24) is 0 Å². The van der Waals surface area contributed by atoms with Gasteiger partial charge >= 0.3 is 0 Å². The molecule has 0 amide bonds. The summed E-state index contributed by atoms with van der Waals surface area (Å²) in [6, 6.07) is 26.1. The molecule has 3 aromatic rings. The number of thiophene rings is 1. The van der Waals surface area contributed by atoms with Crippen molar-refractivity contribution in [3.63, 3.8) is 0 Å². The monoisotopic (exact) mass is 466 g/mol. The zero-order chi connectivity index (χ0) is 19.8. The van der Waals surface area contributed by atoms with Crippen LogP contribution in [0, 0.1) is 6.92 Å². The van der Waals surface area contributed by atoms with Gasteiger partial charge in [-0.1, -0.05) is 108 Å². The van der Waals surface area contributed by atoms with E-state index in [0.29, 0.717) is 0 Å². The summed E-state index contributed by atoms with van der Waals surface area (Å²) < 4.78 is 2.82. The smallest absolute Gasteiger partial charge is 0.0707 e. The van der Waals surface area contributed by atoms with Crippen LogP contribution in [0.4, 0.5) is 0 Å². The SMILES string of the molecule is CC1=C(c2ccccc2)SC(=C2SC(c3ccccc3)=C(c3ccc(C)s3)S2)S1. The molecule has 2 aromatic carbocycles. The molecule has 29 heavy (non-hydrogen) atoms. The molecular weight excluding hydrogens is 449 g/mol. The molecule has 0 fully saturated rings. The second kappa shape index (κ2) is 8.48. The van der Waals surface area contributed by atoms with Gasteiger partial charge in [0.2, 0.25) is 0 Å². The molecule has 0 N–H and O–H groups in total. The minimum Gasteiger partial charge on any atom is -0.140 e. The highest BCUT2D eigenvalue weighted by molar-refractivity contribution is 8.38. The fourth-order valence-electron chi connectivity index (χ4n) is 3.19. The van der Waals surface area contributed by atoms with Crippen LogP contribution in [0.15, 0.2) is 86.2 Å². The van der Waals surface area contributed by atoms with E-state index in [1.807, 2.05) is 58.4 Å². The molecule has 0 nitrogen and oxygen atoms in total. The van der Waals surface area contributed by atoms with Gasteiger partial charge in [-0.15, -0.1) is 11.3 Å². The van der Waals surface area contributed by atoms with Crippen molar-refractivity contribution in [3.8, 4) is 0 Å². The molecule has 5 rings (SSSR count). The number of allylic oxidation sites excluding steroid dienone is 1. The lowest BCUT2D eigenvalue weighted by molar-refractivity contribution is 1.62. The van der Waals surface area contributed by atoms with E-state index < -0.39 is 0 Å². The Bertz CT molecular complexity index is 1150. The Morgan fingerprint density at radius 1 is 0.517 bits per heavy atom. The van der Waals surface area contributed by atoms with Crippen LogP contribution in [-0.2, 0) is 0 Å². The van der Waals surface area contributed by atoms with Crippen molar-refractivity contribution in [2.45, 2.75) is 13.8 Å². The van der Waals surface area contributed by atoms with E-state index in [1.54, 1.807) is 0 Å². The predicted molar refractivity (Wildman–Crippen MR) is 139 cm³/mol. The molecule has 1 aromatic heterocycles. The van der Waals surface area contributed by atoms with Crippen molar-refractivity contribution >= 4 is 73.1 Å². The van der Waals surface area contributed by atoms with Crippen LogP contribution in [0.5, 0.6) is 0 Å². The number of hydrogen-bond acceptors (Lipinski definition) is 5. The van der Waals surface area contributed by atoms with Crippen molar-refractivity contribution < 1.29 is 0 Å². The molecule has 3 heterocycles. The van der Waals surface area contributed by atoms with E-state index >= 15 is 0 Å². The number of rotatable bonds is 3. The number of benzene rings is 2. The zero-order valence-electron chi connectivity index (χ0n) is 16.0. The molecule has 0 bridgehead atoms. The minimum atomic E-state index is 1.31. The number of thioether (sulfide) groups is 4. The molecule has 0 atom stereocenters. The first-order valence-electron chi connectivity index (χ1n) is 9.27. The standard InChI is InChI=1S/C24H18S5/c1-15-13-14-19(25-15)22-21(18-11-7-4-8-12-18)28-24(29-22)23-26-16(2)20(27-23)17-9-5-3-6-10-17/h3-14H,1-2H3. The summed E-state index contributed by atoms with van der Waals surface area (Å²) in [5.74, 6) is 0. The largest absolute Gasteiger partial charge is 0.140 e. The van der Waals surface area contributed by atoms with Crippen LogP contribution in [0.2, 0.25) is 0 Å². The van der Waals surface area contributed by atoms with Gasteiger partial charge in [0.1, 0.15) is 0 Å². The van der Waals surface area contributed by atoms with Crippen LogP contribution in [-0.4, -0.2) is 0 Å². The molecule has 0 aliphatic carbocycles.